The molecule has 2 aromatic carbocycles. The standard InChI is InChI=1S/C20H13ClF2N4O3/c21-13-4-2-1-3-12(13)18-17-19(30-26-18)24-10-27(20(17)29)8-7-16(28)25-15-6-5-11(22)9-14(15)23/h1-6,9-10H,7-8H2,(H,25,28). The van der Waals surface area contributed by atoms with Gasteiger partial charge in [0.15, 0.2) is 0 Å². The maximum atomic E-state index is 13.7. The Morgan fingerprint density at radius 2 is 2.00 bits per heavy atom. The molecule has 0 fully saturated rings. The number of fused-ring (bicyclic) bond motifs is 1. The van der Waals surface area contributed by atoms with Gasteiger partial charge in [-0.25, -0.2) is 13.8 Å². The molecule has 152 valence electrons. The first kappa shape index (κ1) is 19.7. The van der Waals surface area contributed by atoms with E-state index in [2.05, 4.69) is 15.5 Å². The first-order valence-corrected chi connectivity index (χ1v) is 9.16. The Hall–Kier alpha value is -3.59. The molecule has 2 aromatic heterocycles. The molecule has 0 unspecified atom stereocenters. The number of benzene rings is 2. The van der Waals surface area contributed by atoms with Gasteiger partial charge in [-0.1, -0.05) is 35.0 Å². The first-order chi connectivity index (χ1) is 14.4. The van der Waals surface area contributed by atoms with Gasteiger partial charge in [0, 0.05) is 24.6 Å². The number of aromatic nitrogens is 3. The van der Waals surface area contributed by atoms with E-state index in [1.807, 2.05) is 0 Å². The number of hydrogen-bond donors (Lipinski definition) is 1. The summed E-state index contributed by atoms with van der Waals surface area (Å²) in [6, 6.07) is 9.66. The van der Waals surface area contributed by atoms with Crippen molar-refractivity contribution in [3.63, 3.8) is 0 Å². The normalized spacial score (nSPS) is 11.0. The second-order valence-corrected chi connectivity index (χ2v) is 6.76. The highest BCUT2D eigenvalue weighted by Crippen LogP contribution is 2.30. The Morgan fingerprint density at radius 1 is 1.20 bits per heavy atom. The maximum absolute atomic E-state index is 13.7. The molecule has 0 aliphatic heterocycles. The Bertz CT molecular complexity index is 1320. The number of halogens is 3. The molecule has 0 atom stereocenters. The molecule has 0 saturated carbocycles. The summed E-state index contributed by atoms with van der Waals surface area (Å²) in [5, 5.41) is 6.78. The summed E-state index contributed by atoms with van der Waals surface area (Å²) in [6.07, 6.45) is 1.09. The van der Waals surface area contributed by atoms with E-state index in [1.54, 1.807) is 24.3 Å². The number of anilines is 1. The summed E-state index contributed by atoms with van der Waals surface area (Å²) in [5.74, 6) is -2.19. The topological polar surface area (TPSA) is 90.0 Å². The van der Waals surface area contributed by atoms with E-state index in [-0.39, 0.29) is 35.4 Å². The second-order valence-electron chi connectivity index (χ2n) is 6.36. The number of rotatable bonds is 5. The van der Waals surface area contributed by atoms with Crippen LogP contribution in [0.15, 0.2) is 58.1 Å². The lowest BCUT2D eigenvalue weighted by molar-refractivity contribution is -0.116. The van der Waals surface area contributed by atoms with Crippen molar-refractivity contribution in [2.75, 3.05) is 5.32 Å². The molecule has 1 amide bonds. The molecule has 4 rings (SSSR count). The van der Waals surface area contributed by atoms with Gasteiger partial charge in [0.2, 0.25) is 5.91 Å². The third-order valence-electron chi connectivity index (χ3n) is 4.38. The van der Waals surface area contributed by atoms with E-state index < -0.39 is 23.1 Å². The molecule has 0 radical (unpaired) electrons. The average molecular weight is 431 g/mol. The van der Waals surface area contributed by atoms with Gasteiger partial charge < -0.3 is 9.84 Å². The van der Waals surface area contributed by atoms with E-state index >= 15 is 0 Å². The Kier molecular flexibility index (Phi) is 5.28. The van der Waals surface area contributed by atoms with Gasteiger partial charge in [-0.3, -0.25) is 14.2 Å². The molecule has 0 spiro atoms. The van der Waals surface area contributed by atoms with Gasteiger partial charge >= 0.3 is 0 Å². The minimum Gasteiger partial charge on any atom is -0.335 e. The van der Waals surface area contributed by atoms with Crippen LogP contribution in [0.2, 0.25) is 5.02 Å². The molecule has 0 saturated heterocycles. The molecular weight excluding hydrogens is 418 g/mol. The lowest BCUT2D eigenvalue weighted by Crippen LogP contribution is -2.23. The highest BCUT2D eigenvalue weighted by molar-refractivity contribution is 6.33. The molecule has 7 nitrogen and oxygen atoms in total. The molecular formula is C20H13ClF2N4O3. The number of carbonyl (C=O) groups is 1. The maximum Gasteiger partial charge on any atom is 0.266 e. The van der Waals surface area contributed by atoms with Gasteiger partial charge in [0.05, 0.1) is 10.7 Å². The molecule has 0 aliphatic rings. The smallest absolute Gasteiger partial charge is 0.266 e. The van der Waals surface area contributed by atoms with Crippen LogP contribution in [0.4, 0.5) is 14.5 Å². The molecule has 4 aromatic rings. The van der Waals surface area contributed by atoms with E-state index in [9.17, 15) is 18.4 Å². The fourth-order valence-corrected chi connectivity index (χ4v) is 3.13. The average Bonchev–Trinajstić information content (AvgIpc) is 3.15. The van der Waals surface area contributed by atoms with Gasteiger partial charge in [-0.15, -0.1) is 0 Å². The summed E-state index contributed by atoms with van der Waals surface area (Å²) >= 11 is 6.19. The number of hydrogen-bond acceptors (Lipinski definition) is 5. The fourth-order valence-electron chi connectivity index (χ4n) is 2.90. The number of carbonyl (C=O) groups excluding carboxylic acids is 1. The number of amides is 1. The Labute approximate surface area is 172 Å². The number of aryl methyl sites for hydroxylation is 1. The summed E-state index contributed by atoms with van der Waals surface area (Å²) in [5.41, 5.74) is 0.197. The third-order valence-corrected chi connectivity index (χ3v) is 4.71. The predicted molar refractivity (Wildman–Crippen MR) is 106 cm³/mol. The predicted octanol–water partition coefficient (Wildman–Crippen LogP) is 4.01. The van der Waals surface area contributed by atoms with Crippen molar-refractivity contribution in [3.8, 4) is 11.3 Å². The monoisotopic (exact) mass is 430 g/mol. The minimum absolute atomic E-state index is 0.0242. The van der Waals surface area contributed by atoms with Crippen LogP contribution in [0.3, 0.4) is 0 Å². The third kappa shape index (κ3) is 3.79. The van der Waals surface area contributed by atoms with E-state index in [1.165, 1.54) is 10.9 Å². The lowest BCUT2D eigenvalue weighted by atomic mass is 10.1. The molecule has 0 bridgehead atoms. The van der Waals surface area contributed by atoms with Crippen molar-refractivity contribution >= 4 is 34.3 Å². The number of nitrogens with zero attached hydrogens (tertiary/aromatic N) is 3. The van der Waals surface area contributed by atoms with E-state index in [0.717, 1.165) is 12.1 Å². The minimum atomic E-state index is -0.891. The van der Waals surface area contributed by atoms with Crippen LogP contribution in [0.5, 0.6) is 0 Å². The SMILES string of the molecule is O=C(CCn1cnc2onc(-c3ccccc3Cl)c2c1=O)Nc1ccc(F)cc1F. The van der Waals surface area contributed by atoms with E-state index in [0.29, 0.717) is 16.7 Å². The van der Waals surface area contributed by atoms with Crippen LogP contribution in [0, 0.1) is 11.6 Å². The quantitative estimate of drug-likeness (QED) is 0.516. The first-order valence-electron chi connectivity index (χ1n) is 8.78. The van der Waals surface area contributed by atoms with Crippen molar-refractivity contribution in [1.82, 2.24) is 14.7 Å². The summed E-state index contributed by atoms with van der Waals surface area (Å²) in [6.45, 7) is -0.0242. The molecule has 1 N–H and O–H groups in total. The molecule has 10 heteroatoms. The molecule has 30 heavy (non-hydrogen) atoms. The van der Waals surface area contributed by atoms with Crippen LogP contribution < -0.4 is 10.9 Å². The van der Waals surface area contributed by atoms with Crippen molar-refractivity contribution in [3.05, 3.63) is 75.8 Å². The van der Waals surface area contributed by atoms with Crippen molar-refractivity contribution in [2.24, 2.45) is 0 Å². The van der Waals surface area contributed by atoms with E-state index in [4.69, 9.17) is 16.1 Å². The highest BCUT2D eigenvalue weighted by Gasteiger charge is 2.19. The zero-order valence-corrected chi connectivity index (χ0v) is 16.0. The van der Waals surface area contributed by atoms with Gasteiger partial charge in [-0.05, 0) is 18.2 Å². The Morgan fingerprint density at radius 3 is 2.77 bits per heavy atom. The second kappa shape index (κ2) is 8.03. The summed E-state index contributed by atoms with van der Waals surface area (Å²) in [7, 11) is 0. The molecule has 2 heterocycles. The highest BCUT2D eigenvalue weighted by atomic mass is 35.5. The summed E-state index contributed by atoms with van der Waals surface area (Å²) < 4.78 is 33.0. The van der Waals surface area contributed by atoms with Crippen LogP contribution in [0.1, 0.15) is 6.42 Å². The van der Waals surface area contributed by atoms with Crippen LogP contribution in [-0.2, 0) is 11.3 Å². The largest absolute Gasteiger partial charge is 0.335 e. The zero-order chi connectivity index (χ0) is 21.3. The van der Waals surface area contributed by atoms with Crippen LogP contribution >= 0.6 is 11.6 Å². The van der Waals surface area contributed by atoms with Gasteiger partial charge in [0.1, 0.15) is 29.0 Å². The lowest BCUT2D eigenvalue weighted by Gasteiger charge is -2.08. The zero-order valence-electron chi connectivity index (χ0n) is 15.2. The molecule has 0 aliphatic carbocycles. The van der Waals surface area contributed by atoms with Crippen molar-refractivity contribution < 1.29 is 18.1 Å². The van der Waals surface area contributed by atoms with Gasteiger partial charge in [0.25, 0.3) is 11.3 Å². The van der Waals surface area contributed by atoms with Crippen LogP contribution in [0.25, 0.3) is 22.4 Å². The van der Waals surface area contributed by atoms with Crippen molar-refractivity contribution in [1.29, 1.82) is 0 Å². The van der Waals surface area contributed by atoms with Gasteiger partial charge in [-0.2, -0.15) is 0 Å². The number of nitrogens with one attached hydrogen (secondary N) is 1. The van der Waals surface area contributed by atoms with Crippen LogP contribution in [-0.4, -0.2) is 20.6 Å². The summed E-state index contributed by atoms with van der Waals surface area (Å²) in [4.78, 5) is 29.1. The Balaban J connectivity index is 1.57. The van der Waals surface area contributed by atoms with Crippen molar-refractivity contribution in [2.45, 2.75) is 13.0 Å². The fraction of sp³-hybridized carbons (Fsp3) is 0.100.